The van der Waals surface area contributed by atoms with Gasteiger partial charge in [0.15, 0.2) is 0 Å². The molecule has 4 N–H and O–H groups in total. The topological polar surface area (TPSA) is 79.9 Å². The van der Waals surface area contributed by atoms with Gasteiger partial charge in [-0.1, -0.05) is 5.16 Å². The first-order valence-electron chi connectivity index (χ1n) is 4.48. The van der Waals surface area contributed by atoms with Gasteiger partial charge < -0.3 is 21.0 Å². The second-order valence-electron chi connectivity index (χ2n) is 2.86. The molecule has 0 aliphatic rings. The highest BCUT2D eigenvalue weighted by Crippen LogP contribution is 1.85. The SMILES string of the molecule is CCOCC(C)NCCC(N)=NO. The van der Waals surface area contributed by atoms with Crippen molar-refractivity contribution in [3.05, 3.63) is 0 Å². The van der Waals surface area contributed by atoms with Gasteiger partial charge in [0.2, 0.25) is 0 Å². The van der Waals surface area contributed by atoms with Gasteiger partial charge in [0.1, 0.15) is 5.84 Å². The molecule has 13 heavy (non-hydrogen) atoms. The van der Waals surface area contributed by atoms with Crippen LogP contribution in [0.15, 0.2) is 5.16 Å². The predicted molar refractivity (Wildman–Crippen MR) is 52.0 cm³/mol. The summed E-state index contributed by atoms with van der Waals surface area (Å²) in [5.74, 6) is 0.246. The van der Waals surface area contributed by atoms with Crippen LogP contribution in [0.25, 0.3) is 0 Å². The molecule has 5 nitrogen and oxygen atoms in total. The van der Waals surface area contributed by atoms with Crippen molar-refractivity contribution in [1.82, 2.24) is 5.32 Å². The number of hydrogen-bond acceptors (Lipinski definition) is 4. The van der Waals surface area contributed by atoms with Crippen LogP contribution < -0.4 is 11.1 Å². The minimum absolute atomic E-state index is 0.246. The van der Waals surface area contributed by atoms with Crippen LogP contribution in [0.2, 0.25) is 0 Å². The first-order chi connectivity index (χ1) is 6.20. The normalized spacial score (nSPS) is 14.5. The van der Waals surface area contributed by atoms with Gasteiger partial charge in [0.05, 0.1) is 6.61 Å². The maximum absolute atomic E-state index is 8.25. The van der Waals surface area contributed by atoms with Gasteiger partial charge >= 0.3 is 0 Å². The molecular formula is C8H19N3O2. The number of nitrogens with zero attached hydrogens (tertiary/aromatic N) is 1. The van der Waals surface area contributed by atoms with Crippen molar-refractivity contribution >= 4 is 5.84 Å². The Bertz CT molecular complexity index is 150. The van der Waals surface area contributed by atoms with E-state index in [4.69, 9.17) is 15.7 Å². The molecule has 0 aliphatic carbocycles. The average molecular weight is 189 g/mol. The summed E-state index contributed by atoms with van der Waals surface area (Å²) in [6.45, 7) is 6.11. The summed E-state index contributed by atoms with van der Waals surface area (Å²) < 4.78 is 5.21. The molecule has 1 atom stereocenters. The number of nitrogens with two attached hydrogens (primary N) is 1. The van der Waals surface area contributed by atoms with Gasteiger partial charge in [-0.3, -0.25) is 0 Å². The van der Waals surface area contributed by atoms with Crippen LogP contribution >= 0.6 is 0 Å². The van der Waals surface area contributed by atoms with E-state index in [1.807, 2.05) is 13.8 Å². The lowest BCUT2D eigenvalue weighted by atomic mass is 10.3. The fraction of sp³-hybridized carbons (Fsp3) is 0.875. The van der Waals surface area contributed by atoms with Gasteiger partial charge in [0, 0.05) is 25.6 Å². The molecule has 0 radical (unpaired) electrons. The van der Waals surface area contributed by atoms with Crippen LogP contribution in [0.3, 0.4) is 0 Å². The van der Waals surface area contributed by atoms with Crippen LogP contribution in [0, 0.1) is 0 Å². The number of ether oxygens (including phenoxy) is 1. The third-order valence-electron chi connectivity index (χ3n) is 1.57. The van der Waals surface area contributed by atoms with Crippen molar-refractivity contribution in [3.63, 3.8) is 0 Å². The first kappa shape index (κ1) is 12.2. The van der Waals surface area contributed by atoms with Crippen molar-refractivity contribution in [2.75, 3.05) is 19.8 Å². The predicted octanol–water partition coefficient (Wildman–Crippen LogP) is 0.138. The fourth-order valence-corrected chi connectivity index (χ4v) is 0.850. The molecular weight excluding hydrogens is 170 g/mol. The number of oxime groups is 1. The monoisotopic (exact) mass is 189 g/mol. The summed E-state index contributed by atoms with van der Waals surface area (Å²) in [7, 11) is 0. The van der Waals surface area contributed by atoms with Gasteiger partial charge in [-0.05, 0) is 13.8 Å². The molecule has 0 spiro atoms. The Morgan fingerprint density at radius 1 is 1.69 bits per heavy atom. The zero-order valence-electron chi connectivity index (χ0n) is 8.29. The van der Waals surface area contributed by atoms with E-state index in [1.54, 1.807) is 0 Å². The van der Waals surface area contributed by atoms with E-state index >= 15 is 0 Å². The van der Waals surface area contributed by atoms with E-state index in [-0.39, 0.29) is 5.84 Å². The summed E-state index contributed by atoms with van der Waals surface area (Å²) in [5, 5.41) is 14.3. The highest BCUT2D eigenvalue weighted by molar-refractivity contribution is 5.79. The Morgan fingerprint density at radius 2 is 2.38 bits per heavy atom. The Hall–Kier alpha value is -0.810. The molecule has 0 amide bonds. The largest absolute Gasteiger partial charge is 0.409 e. The van der Waals surface area contributed by atoms with E-state index in [0.717, 1.165) is 6.61 Å². The highest BCUT2D eigenvalue weighted by atomic mass is 16.5. The van der Waals surface area contributed by atoms with Gasteiger partial charge in [-0.25, -0.2) is 0 Å². The van der Waals surface area contributed by atoms with Crippen molar-refractivity contribution in [3.8, 4) is 0 Å². The molecule has 0 saturated heterocycles. The Kier molecular flexibility index (Phi) is 7.33. The molecule has 0 aromatic heterocycles. The van der Waals surface area contributed by atoms with E-state index in [9.17, 15) is 0 Å². The van der Waals surface area contributed by atoms with Crippen LogP contribution in [-0.4, -0.2) is 36.8 Å². The van der Waals surface area contributed by atoms with E-state index < -0.39 is 0 Å². The van der Waals surface area contributed by atoms with Crippen LogP contribution in [0.5, 0.6) is 0 Å². The summed E-state index contributed by atoms with van der Waals surface area (Å²) >= 11 is 0. The molecule has 5 heteroatoms. The number of nitrogens with one attached hydrogen (secondary N) is 1. The van der Waals surface area contributed by atoms with Crippen LogP contribution in [0.1, 0.15) is 20.3 Å². The second-order valence-corrected chi connectivity index (χ2v) is 2.86. The summed E-state index contributed by atoms with van der Waals surface area (Å²) in [6, 6.07) is 0.298. The zero-order chi connectivity index (χ0) is 10.1. The lowest BCUT2D eigenvalue weighted by molar-refractivity contribution is 0.128. The standard InChI is InChI=1S/C8H19N3O2/c1-3-13-6-7(2)10-5-4-8(9)11-12/h7,10,12H,3-6H2,1-2H3,(H2,9,11). The molecule has 0 aromatic rings. The molecule has 0 rings (SSSR count). The molecule has 0 bridgehead atoms. The van der Waals surface area contributed by atoms with Crippen LogP contribution in [0.4, 0.5) is 0 Å². The van der Waals surface area contributed by atoms with Crippen molar-refractivity contribution < 1.29 is 9.94 Å². The summed E-state index contributed by atoms with van der Waals surface area (Å²) in [5.41, 5.74) is 5.29. The van der Waals surface area contributed by atoms with Crippen LogP contribution in [-0.2, 0) is 4.74 Å². The van der Waals surface area contributed by atoms with Gasteiger partial charge in [0.25, 0.3) is 0 Å². The number of amidine groups is 1. The molecule has 0 saturated carbocycles. The van der Waals surface area contributed by atoms with Crippen molar-refractivity contribution in [1.29, 1.82) is 0 Å². The average Bonchev–Trinajstić information content (AvgIpc) is 2.14. The zero-order valence-corrected chi connectivity index (χ0v) is 8.29. The minimum atomic E-state index is 0.246. The number of hydrogen-bond donors (Lipinski definition) is 3. The molecule has 0 aliphatic heterocycles. The first-order valence-corrected chi connectivity index (χ1v) is 4.48. The fourth-order valence-electron chi connectivity index (χ4n) is 0.850. The minimum Gasteiger partial charge on any atom is -0.409 e. The Labute approximate surface area is 78.9 Å². The Balaban J connectivity index is 3.31. The third-order valence-corrected chi connectivity index (χ3v) is 1.57. The molecule has 1 unspecified atom stereocenters. The summed E-state index contributed by atoms with van der Waals surface area (Å²) in [4.78, 5) is 0. The summed E-state index contributed by atoms with van der Waals surface area (Å²) in [6.07, 6.45) is 0.549. The van der Waals surface area contributed by atoms with Gasteiger partial charge in [-0.2, -0.15) is 0 Å². The molecule has 78 valence electrons. The third kappa shape index (κ3) is 7.55. The lowest BCUT2D eigenvalue weighted by Gasteiger charge is -2.12. The quantitative estimate of drug-likeness (QED) is 0.230. The van der Waals surface area contributed by atoms with E-state index in [0.29, 0.717) is 25.6 Å². The lowest BCUT2D eigenvalue weighted by Crippen LogP contribution is -2.33. The number of rotatable bonds is 7. The second kappa shape index (κ2) is 7.82. The maximum atomic E-state index is 8.25. The van der Waals surface area contributed by atoms with Gasteiger partial charge in [-0.15, -0.1) is 0 Å². The van der Waals surface area contributed by atoms with E-state index in [2.05, 4.69) is 10.5 Å². The molecule has 0 fully saturated rings. The maximum Gasteiger partial charge on any atom is 0.140 e. The van der Waals surface area contributed by atoms with Crippen molar-refractivity contribution in [2.24, 2.45) is 10.9 Å². The Morgan fingerprint density at radius 3 is 2.92 bits per heavy atom. The van der Waals surface area contributed by atoms with E-state index in [1.165, 1.54) is 0 Å². The van der Waals surface area contributed by atoms with Crippen molar-refractivity contribution in [2.45, 2.75) is 26.3 Å². The smallest absolute Gasteiger partial charge is 0.140 e. The highest BCUT2D eigenvalue weighted by Gasteiger charge is 2.00. The molecule has 0 heterocycles. The molecule has 0 aromatic carbocycles.